The molecule has 0 bridgehead atoms. The first-order valence-electron chi connectivity index (χ1n) is 7.46. The van der Waals surface area contributed by atoms with Crippen molar-refractivity contribution >= 4 is 11.6 Å². The molecule has 108 valence electrons. The number of piperidine rings is 2. The van der Waals surface area contributed by atoms with Crippen molar-refractivity contribution in [2.24, 2.45) is 5.92 Å². The molecule has 0 spiro atoms. The van der Waals surface area contributed by atoms with Gasteiger partial charge in [-0.1, -0.05) is 18.2 Å². The van der Waals surface area contributed by atoms with Crippen molar-refractivity contribution in [3.05, 3.63) is 29.8 Å². The number of amides is 1. The SMILES string of the molecule is CC(O)c1ccccc1N1CCC2NC(=O)CCC2C1. The molecule has 2 aliphatic rings. The zero-order valence-corrected chi connectivity index (χ0v) is 11.9. The highest BCUT2D eigenvalue weighted by atomic mass is 16.3. The molecule has 2 saturated heterocycles. The number of fused-ring (bicyclic) bond motifs is 1. The van der Waals surface area contributed by atoms with Crippen molar-refractivity contribution in [2.45, 2.75) is 38.3 Å². The second-order valence-electron chi connectivity index (χ2n) is 5.94. The molecule has 0 aliphatic carbocycles. The van der Waals surface area contributed by atoms with Gasteiger partial charge in [-0.25, -0.2) is 0 Å². The van der Waals surface area contributed by atoms with Gasteiger partial charge in [0.1, 0.15) is 0 Å². The van der Waals surface area contributed by atoms with E-state index in [4.69, 9.17) is 0 Å². The zero-order valence-electron chi connectivity index (χ0n) is 11.9. The van der Waals surface area contributed by atoms with Crippen LogP contribution in [0.15, 0.2) is 24.3 Å². The van der Waals surface area contributed by atoms with Gasteiger partial charge in [-0.3, -0.25) is 4.79 Å². The van der Waals surface area contributed by atoms with Crippen molar-refractivity contribution < 1.29 is 9.90 Å². The summed E-state index contributed by atoms with van der Waals surface area (Å²) in [5.74, 6) is 0.729. The lowest BCUT2D eigenvalue weighted by atomic mass is 9.84. The van der Waals surface area contributed by atoms with Gasteiger partial charge in [0.2, 0.25) is 5.91 Å². The average molecular weight is 274 g/mol. The van der Waals surface area contributed by atoms with E-state index in [0.717, 1.165) is 37.2 Å². The van der Waals surface area contributed by atoms with Crippen molar-refractivity contribution in [1.82, 2.24) is 5.32 Å². The van der Waals surface area contributed by atoms with E-state index in [9.17, 15) is 9.90 Å². The number of aliphatic hydroxyl groups excluding tert-OH is 1. The Morgan fingerprint density at radius 1 is 1.35 bits per heavy atom. The minimum absolute atomic E-state index is 0.198. The fourth-order valence-electron chi connectivity index (χ4n) is 3.46. The van der Waals surface area contributed by atoms with Gasteiger partial charge in [-0.2, -0.15) is 0 Å². The number of nitrogens with zero attached hydrogens (tertiary/aromatic N) is 1. The second kappa shape index (κ2) is 5.44. The van der Waals surface area contributed by atoms with Gasteiger partial charge in [0.05, 0.1) is 6.10 Å². The lowest BCUT2D eigenvalue weighted by molar-refractivity contribution is -0.124. The summed E-state index contributed by atoms with van der Waals surface area (Å²) >= 11 is 0. The number of para-hydroxylation sites is 1. The Morgan fingerprint density at radius 2 is 2.15 bits per heavy atom. The first-order valence-corrected chi connectivity index (χ1v) is 7.46. The Labute approximate surface area is 119 Å². The predicted octanol–water partition coefficient (Wildman–Crippen LogP) is 1.84. The van der Waals surface area contributed by atoms with Crippen molar-refractivity contribution in [1.29, 1.82) is 0 Å². The fraction of sp³-hybridized carbons (Fsp3) is 0.562. The van der Waals surface area contributed by atoms with Gasteiger partial charge in [-0.05, 0) is 31.7 Å². The highest BCUT2D eigenvalue weighted by molar-refractivity contribution is 5.77. The molecule has 0 radical (unpaired) electrons. The summed E-state index contributed by atoms with van der Waals surface area (Å²) in [5, 5.41) is 13.0. The Balaban J connectivity index is 1.78. The molecule has 0 saturated carbocycles. The Morgan fingerprint density at radius 3 is 2.95 bits per heavy atom. The van der Waals surface area contributed by atoms with Crippen LogP contribution in [0.1, 0.15) is 37.9 Å². The molecule has 3 atom stereocenters. The molecule has 20 heavy (non-hydrogen) atoms. The molecule has 2 aliphatic heterocycles. The Hall–Kier alpha value is -1.55. The van der Waals surface area contributed by atoms with E-state index in [0.29, 0.717) is 18.4 Å². The van der Waals surface area contributed by atoms with Gasteiger partial charge in [0, 0.05) is 36.8 Å². The first-order chi connectivity index (χ1) is 9.65. The summed E-state index contributed by atoms with van der Waals surface area (Å²) in [6.45, 7) is 3.71. The van der Waals surface area contributed by atoms with E-state index in [1.807, 2.05) is 25.1 Å². The number of anilines is 1. The number of rotatable bonds is 2. The smallest absolute Gasteiger partial charge is 0.220 e. The van der Waals surface area contributed by atoms with Crippen LogP contribution in [-0.4, -0.2) is 30.1 Å². The van der Waals surface area contributed by atoms with Crippen LogP contribution in [0.5, 0.6) is 0 Å². The van der Waals surface area contributed by atoms with Crippen molar-refractivity contribution in [2.75, 3.05) is 18.0 Å². The van der Waals surface area contributed by atoms with Gasteiger partial charge in [0.25, 0.3) is 0 Å². The Kier molecular flexibility index (Phi) is 3.66. The quantitative estimate of drug-likeness (QED) is 0.865. The van der Waals surface area contributed by atoms with Crippen LogP contribution in [0, 0.1) is 5.92 Å². The Bertz CT molecular complexity index is 501. The molecule has 0 aromatic heterocycles. The molecule has 4 heteroatoms. The van der Waals surface area contributed by atoms with Crippen molar-refractivity contribution in [3.63, 3.8) is 0 Å². The minimum Gasteiger partial charge on any atom is -0.389 e. The van der Waals surface area contributed by atoms with E-state index in [-0.39, 0.29) is 5.91 Å². The van der Waals surface area contributed by atoms with Gasteiger partial charge < -0.3 is 15.3 Å². The maximum absolute atomic E-state index is 11.5. The van der Waals surface area contributed by atoms with E-state index in [1.54, 1.807) is 0 Å². The fourth-order valence-corrected chi connectivity index (χ4v) is 3.46. The number of hydrogen-bond acceptors (Lipinski definition) is 3. The van der Waals surface area contributed by atoms with E-state index in [2.05, 4.69) is 16.3 Å². The maximum Gasteiger partial charge on any atom is 0.220 e. The lowest BCUT2D eigenvalue weighted by Gasteiger charge is -2.43. The topological polar surface area (TPSA) is 52.6 Å². The largest absolute Gasteiger partial charge is 0.389 e. The standard InChI is InChI=1S/C16H22N2O2/c1-11(19)13-4-2-3-5-15(13)18-9-8-14-12(10-18)6-7-16(20)17-14/h2-5,11-12,14,19H,6-10H2,1H3,(H,17,20). The highest BCUT2D eigenvalue weighted by Gasteiger charge is 2.34. The summed E-state index contributed by atoms with van der Waals surface area (Å²) in [4.78, 5) is 13.8. The summed E-state index contributed by atoms with van der Waals surface area (Å²) < 4.78 is 0. The average Bonchev–Trinajstić information content (AvgIpc) is 2.46. The summed E-state index contributed by atoms with van der Waals surface area (Å²) in [6.07, 6.45) is 2.16. The van der Waals surface area contributed by atoms with Gasteiger partial charge in [-0.15, -0.1) is 0 Å². The zero-order chi connectivity index (χ0) is 14.1. The highest BCUT2D eigenvalue weighted by Crippen LogP contribution is 2.32. The third-order valence-corrected chi connectivity index (χ3v) is 4.55. The summed E-state index contributed by atoms with van der Waals surface area (Å²) in [7, 11) is 0. The van der Waals surface area contributed by atoms with Crippen LogP contribution in [0.4, 0.5) is 5.69 Å². The number of carbonyl (C=O) groups excluding carboxylic acids is 1. The predicted molar refractivity (Wildman–Crippen MR) is 78.6 cm³/mol. The van der Waals surface area contributed by atoms with Crippen molar-refractivity contribution in [3.8, 4) is 0 Å². The summed E-state index contributed by atoms with van der Waals surface area (Å²) in [5.41, 5.74) is 2.13. The van der Waals surface area contributed by atoms with E-state index in [1.165, 1.54) is 0 Å². The molecule has 1 aromatic rings. The second-order valence-corrected chi connectivity index (χ2v) is 5.94. The van der Waals surface area contributed by atoms with E-state index < -0.39 is 6.10 Å². The minimum atomic E-state index is -0.449. The van der Waals surface area contributed by atoms with E-state index >= 15 is 0 Å². The van der Waals surface area contributed by atoms with Crippen LogP contribution >= 0.6 is 0 Å². The number of carbonyl (C=O) groups is 1. The van der Waals surface area contributed by atoms with Crippen LogP contribution in [0.2, 0.25) is 0 Å². The molecule has 2 fully saturated rings. The monoisotopic (exact) mass is 274 g/mol. The van der Waals surface area contributed by atoms with Crippen LogP contribution < -0.4 is 10.2 Å². The molecular weight excluding hydrogens is 252 g/mol. The van der Waals surface area contributed by atoms with Crippen LogP contribution in [0.25, 0.3) is 0 Å². The summed E-state index contributed by atoms with van der Waals surface area (Å²) in [6, 6.07) is 8.42. The van der Waals surface area contributed by atoms with Crippen LogP contribution in [-0.2, 0) is 4.79 Å². The first kappa shape index (κ1) is 13.4. The molecule has 2 heterocycles. The number of nitrogens with one attached hydrogen (secondary N) is 1. The lowest BCUT2D eigenvalue weighted by Crippen LogP contribution is -2.54. The number of hydrogen-bond donors (Lipinski definition) is 2. The maximum atomic E-state index is 11.5. The molecule has 1 amide bonds. The third-order valence-electron chi connectivity index (χ3n) is 4.55. The molecular formula is C16H22N2O2. The normalized spacial score (nSPS) is 27.7. The van der Waals surface area contributed by atoms with Crippen LogP contribution in [0.3, 0.4) is 0 Å². The van der Waals surface area contributed by atoms with Gasteiger partial charge in [0.15, 0.2) is 0 Å². The molecule has 1 aromatic carbocycles. The molecule has 3 rings (SSSR count). The molecule has 3 unspecified atom stereocenters. The number of benzene rings is 1. The molecule has 2 N–H and O–H groups in total. The van der Waals surface area contributed by atoms with Gasteiger partial charge >= 0.3 is 0 Å². The molecule has 4 nitrogen and oxygen atoms in total. The third kappa shape index (κ3) is 2.52. The number of aliphatic hydroxyl groups is 1.